The minimum atomic E-state index is -0.918. The number of aromatic nitrogens is 1. The maximum absolute atomic E-state index is 14.1. The van der Waals surface area contributed by atoms with E-state index >= 15 is 0 Å². The minimum absolute atomic E-state index is 0.0441. The fourth-order valence-electron chi connectivity index (χ4n) is 4.42. The highest BCUT2D eigenvalue weighted by Crippen LogP contribution is 2.32. The van der Waals surface area contributed by atoms with Crippen molar-refractivity contribution >= 4 is 17.2 Å². The van der Waals surface area contributed by atoms with Crippen LogP contribution in [0.15, 0.2) is 18.2 Å². The molecule has 7 heteroatoms. The van der Waals surface area contributed by atoms with Gasteiger partial charge in [0.25, 0.3) is 5.91 Å². The lowest BCUT2D eigenvalue weighted by Gasteiger charge is -2.38. The van der Waals surface area contributed by atoms with Gasteiger partial charge < -0.3 is 9.80 Å². The summed E-state index contributed by atoms with van der Waals surface area (Å²) in [6.07, 6.45) is 7.20. The molecule has 0 saturated carbocycles. The summed E-state index contributed by atoms with van der Waals surface area (Å²) in [6, 6.07) is 4.61. The summed E-state index contributed by atoms with van der Waals surface area (Å²) in [5.74, 6) is -1.87. The molecule has 3 heterocycles. The topological polar surface area (TPSA) is 36.4 Å². The van der Waals surface area contributed by atoms with Gasteiger partial charge in [0.1, 0.15) is 9.88 Å². The number of nitrogens with zero attached hydrogens (tertiary/aromatic N) is 3. The van der Waals surface area contributed by atoms with Gasteiger partial charge in [-0.15, -0.1) is 11.3 Å². The molecule has 0 spiro atoms. The van der Waals surface area contributed by atoms with Gasteiger partial charge >= 0.3 is 0 Å². The largest absolute Gasteiger partial charge is 0.338 e. The molecular formula is C22H27F2N3OS. The van der Waals surface area contributed by atoms with Crippen molar-refractivity contribution in [3.05, 3.63) is 40.4 Å². The predicted molar refractivity (Wildman–Crippen MR) is 111 cm³/mol. The SMILES string of the molecule is Cc1nc(-c2cccc(F)c2F)sc1C(=O)N1CCC(N2CCCCCC2)CC1. The van der Waals surface area contributed by atoms with Crippen molar-refractivity contribution in [2.75, 3.05) is 26.2 Å². The van der Waals surface area contributed by atoms with Crippen molar-refractivity contribution in [1.82, 2.24) is 14.8 Å². The third-order valence-corrected chi connectivity index (χ3v) is 7.26. The number of amides is 1. The van der Waals surface area contributed by atoms with Gasteiger partial charge in [-0.2, -0.15) is 0 Å². The average Bonchev–Trinajstić information content (AvgIpc) is 2.93. The number of thiazole rings is 1. The lowest BCUT2D eigenvalue weighted by molar-refractivity contribution is 0.0626. The maximum Gasteiger partial charge on any atom is 0.265 e. The Hall–Kier alpha value is -1.86. The molecule has 0 radical (unpaired) electrons. The normalized spacial score (nSPS) is 19.3. The fraction of sp³-hybridized carbons (Fsp3) is 0.545. The van der Waals surface area contributed by atoms with Crippen LogP contribution in [0.5, 0.6) is 0 Å². The highest BCUT2D eigenvalue weighted by atomic mass is 32.1. The Kier molecular flexibility index (Phi) is 6.25. The first-order valence-corrected chi connectivity index (χ1v) is 11.3. The standard InChI is InChI=1S/C22H27F2N3OS/c1-15-20(29-21(25-15)17-7-6-8-18(23)19(17)24)22(28)27-13-9-16(10-14-27)26-11-4-2-3-5-12-26/h6-8,16H,2-5,9-14H2,1H3. The summed E-state index contributed by atoms with van der Waals surface area (Å²) in [4.78, 5) is 22.4. The molecule has 4 nitrogen and oxygen atoms in total. The Morgan fingerprint density at radius 2 is 1.76 bits per heavy atom. The van der Waals surface area contributed by atoms with E-state index in [1.807, 2.05) is 4.90 Å². The molecular weight excluding hydrogens is 392 g/mol. The number of carbonyl (C=O) groups is 1. The average molecular weight is 420 g/mol. The summed E-state index contributed by atoms with van der Waals surface area (Å²) in [7, 11) is 0. The first-order chi connectivity index (χ1) is 14.0. The molecule has 0 unspecified atom stereocenters. The molecule has 156 valence electrons. The third kappa shape index (κ3) is 4.36. The second-order valence-electron chi connectivity index (χ2n) is 8.01. The number of aryl methyl sites for hydroxylation is 1. The van der Waals surface area contributed by atoms with Crippen molar-refractivity contribution in [2.24, 2.45) is 0 Å². The van der Waals surface area contributed by atoms with Crippen molar-refractivity contribution in [1.29, 1.82) is 0 Å². The number of carbonyl (C=O) groups excluding carboxylic acids is 1. The second-order valence-corrected chi connectivity index (χ2v) is 9.01. The molecule has 0 atom stereocenters. The van der Waals surface area contributed by atoms with Crippen LogP contribution in [0.3, 0.4) is 0 Å². The molecule has 2 saturated heterocycles. The fourth-order valence-corrected chi connectivity index (χ4v) is 5.47. The van der Waals surface area contributed by atoms with Crippen LogP contribution in [0.25, 0.3) is 10.6 Å². The lowest BCUT2D eigenvalue weighted by atomic mass is 10.0. The van der Waals surface area contributed by atoms with Gasteiger partial charge in [-0.05, 0) is 57.8 Å². The van der Waals surface area contributed by atoms with Gasteiger partial charge in [-0.25, -0.2) is 13.8 Å². The highest BCUT2D eigenvalue weighted by Gasteiger charge is 2.29. The van der Waals surface area contributed by atoms with E-state index in [1.54, 1.807) is 6.92 Å². The summed E-state index contributed by atoms with van der Waals surface area (Å²) < 4.78 is 27.7. The van der Waals surface area contributed by atoms with Gasteiger partial charge in [-0.1, -0.05) is 18.9 Å². The zero-order valence-electron chi connectivity index (χ0n) is 16.8. The Bertz CT molecular complexity index is 869. The van der Waals surface area contributed by atoms with E-state index in [4.69, 9.17) is 0 Å². The molecule has 2 aliphatic rings. The van der Waals surface area contributed by atoms with Gasteiger partial charge in [0, 0.05) is 24.7 Å². The number of halogens is 2. The molecule has 1 aromatic heterocycles. The smallest absolute Gasteiger partial charge is 0.265 e. The summed E-state index contributed by atoms with van der Waals surface area (Å²) in [5, 5.41) is 0.349. The van der Waals surface area contributed by atoms with Crippen molar-refractivity contribution in [2.45, 2.75) is 51.5 Å². The van der Waals surface area contributed by atoms with Crippen LogP contribution in [-0.2, 0) is 0 Å². The molecule has 1 amide bonds. The first-order valence-electron chi connectivity index (χ1n) is 10.5. The van der Waals surface area contributed by atoms with Gasteiger partial charge in [-0.3, -0.25) is 4.79 Å². The van der Waals surface area contributed by atoms with E-state index in [2.05, 4.69) is 9.88 Å². The van der Waals surface area contributed by atoms with Crippen LogP contribution in [0.1, 0.15) is 53.9 Å². The number of hydrogen-bond acceptors (Lipinski definition) is 4. The molecule has 4 rings (SSSR count). The Morgan fingerprint density at radius 1 is 1.07 bits per heavy atom. The molecule has 29 heavy (non-hydrogen) atoms. The van der Waals surface area contributed by atoms with Crippen LogP contribution in [0, 0.1) is 18.6 Å². The van der Waals surface area contributed by atoms with Crippen molar-refractivity contribution < 1.29 is 13.6 Å². The number of likely N-dealkylation sites (tertiary alicyclic amines) is 2. The van der Waals surface area contributed by atoms with Crippen LogP contribution in [0.4, 0.5) is 8.78 Å². The Morgan fingerprint density at radius 3 is 2.45 bits per heavy atom. The summed E-state index contributed by atoms with van der Waals surface area (Å²) in [5.41, 5.74) is 0.685. The number of piperidine rings is 1. The first kappa shape index (κ1) is 20.4. The minimum Gasteiger partial charge on any atom is -0.338 e. The molecule has 0 N–H and O–H groups in total. The second kappa shape index (κ2) is 8.88. The summed E-state index contributed by atoms with van der Waals surface area (Å²) in [6.45, 7) is 5.58. The highest BCUT2D eigenvalue weighted by molar-refractivity contribution is 7.17. The van der Waals surface area contributed by atoms with Crippen molar-refractivity contribution in [3.63, 3.8) is 0 Å². The zero-order valence-corrected chi connectivity index (χ0v) is 17.6. The van der Waals surface area contributed by atoms with Crippen molar-refractivity contribution in [3.8, 4) is 10.6 Å². The maximum atomic E-state index is 14.1. The van der Waals surface area contributed by atoms with E-state index < -0.39 is 11.6 Å². The van der Waals surface area contributed by atoms with Crippen LogP contribution >= 0.6 is 11.3 Å². The quantitative estimate of drug-likeness (QED) is 0.712. The van der Waals surface area contributed by atoms with Crippen LogP contribution < -0.4 is 0 Å². The van der Waals surface area contributed by atoms with E-state index in [9.17, 15) is 13.6 Å². The molecule has 2 aromatic rings. The summed E-state index contributed by atoms with van der Waals surface area (Å²) >= 11 is 1.15. The van der Waals surface area contributed by atoms with Crippen LogP contribution in [0.2, 0.25) is 0 Å². The van der Waals surface area contributed by atoms with Crippen LogP contribution in [-0.4, -0.2) is 52.9 Å². The van der Waals surface area contributed by atoms with E-state index in [0.29, 0.717) is 21.6 Å². The number of hydrogen-bond donors (Lipinski definition) is 0. The Labute approximate surface area is 174 Å². The van der Waals surface area contributed by atoms with Gasteiger partial charge in [0.05, 0.1) is 5.69 Å². The zero-order chi connectivity index (χ0) is 20.4. The molecule has 2 aliphatic heterocycles. The number of rotatable bonds is 3. The predicted octanol–water partition coefficient (Wildman–Crippen LogP) is 4.88. The lowest BCUT2D eigenvalue weighted by Crippen LogP contribution is -2.47. The number of benzene rings is 1. The molecule has 2 fully saturated rings. The van der Waals surface area contributed by atoms with Gasteiger partial charge in [0.2, 0.25) is 0 Å². The third-order valence-electron chi connectivity index (χ3n) is 6.08. The Balaban J connectivity index is 1.44. The molecule has 1 aromatic carbocycles. The monoisotopic (exact) mass is 419 g/mol. The van der Waals surface area contributed by atoms with E-state index in [-0.39, 0.29) is 11.5 Å². The molecule has 0 bridgehead atoms. The van der Waals surface area contributed by atoms with Gasteiger partial charge in [0.15, 0.2) is 11.6 Å². The molecule has 0 aliphatic carbocycles. The van der Waals surface area contributed by atoms with E-state index in [0.717, 1.165) is 43.3 Å². The van der Waals surface area contributed by atoms with E-state index in [1.165, 1.54) is 50.9 Å².